The molecule has 22 heavy (non-hydrogen) atoms. The first-order chi connectivity index (χ1) is 10.5. The summed E-state index contributed by atoms with van der Waals surface area (Å²) in [6.07, 6.45) is 1.53. The number of nitrogens with zero attached hydrogens (tertiary/aromatic N) is 3. The molecule has 3 aromatic rings. The zero-order valence-corrected chi connectivity index (χ0v) is 13.1. The van der Waals surface area contributed by atoms with E-state index in [1.807, 2.05) is 0 Å². The SMILES string of the molecule is Cn1c(=O)n2c3c4c(c(Br)c(F)cc4ncc31)OCC2CO. The normalized spacial score (nSPS) is 17.2. The lowest BCUT2D eigenvalue weighted by Crippen LogP contribution is -2.30. The lowest BCUT2D eigenvalue weighted by atomic mass is 10.1. The Morgan fingerprint density at radius 2 is 2.36 bits per heavy atom. The van der Waals surface area contributed by atoms with E-state index >= 15 is 0 Å². The second-order valence-corrected chi connectivity index (χ2v) is 6.04. The Morgan fingerprint density at radius 3 is 3.09 bits per heavy atom. The molecule has 3 heterocycles. The molecule has 1 atom stereocenters. The van der Waals surface area contributed by atoms with Gasteiger partial charge in [-0.15, -0.1) is 0 Å². The highest BCUT2D eigenvalue weighted by Gasteiger charge is 2.28. The quantitative estimate of drug-likeness (QED) is 0.710. The first kappa shape index (κ1) is 13.7. The molecular weight excluding hydrogens is 357 g/mol. The summed E-state index contributed by atoms with van der Waals surface area (Å²) in [5, 5.41) is 10.2. The summed E-state index contributed by atoms with van der Waals surface area (Å²) in [6, 6.07) is 0.761. The van der Waals surface area contributed by atoms with E-state index < -0.39 is 11.9 Å². The van der Waals surface area contributed by atoms with Gasteiger partial charge in [-0.25, -0.2) is 9.18 Å². The van der Waals surface area contributed by atoms with Crippen molar-refractivity contribution in [3.8, 4) is 5.75 Å². The number of aliphatic hydroxyl groups excluding tert-OH is 1. The van der Waals surface area contributed by atoms with Gasteiger partial charge in [0.25, 0.3) is 0 Å². The molecule has 0 bridgehead atoms. The lowest BCUT2D eigenvalue weighted by molar-refractivity contribution is 0.169. The van der Waals surface area contributed by atoms with Gasteiger partial charge in [-0.1, -0.05) is 0 Å². The molecule has 2 aromatic heterocycles. The van der Waals surface area contributed by atoms with Gasteiger partial charge in [0.15, 0.2) is 0 Å². The molecule has 0 radical (unpaired) electrons. The summed E-state index contributed by atoms with van der Waals surface area (Å²) in [7, 11) is 1.64. The Morgan fingerprint density at radius 1 is 1.59 bits per heavy atom. The highest BCUT2D eigenvalue weighted by molar-refractivity contribution is 9.10. The summed E-state index contributed by atoms with van der Waals surface area (Å²) in [5.41, 5.74) is 1.35. The minimum Gasteiger partial charge on any atom is -0.489 e. The van der Waals surface area contributed by atoms with Crippen LogP contribution in [0.5, 0.6) is 5.75 Å². The van der Waals surface area contributed by atoms with Crippen molar-refractivity contribution in [3.63, 3.8) is 0 Å². The van der Waals surface area contributed by atoms with Gasteiger partial charge in [0, 0.05) is 13.1 Å². The molecule has 0 saturated heterocycles. The number of aliphatic hydroxyl groups is 1. The predicted octanol–water partition coefficient (Wildman–Crippen LogP) is 1.72. The second kappa shape index (κ2) is 4.53. The van der Waals surface area contributed by atoms with Crippen molar-refractivity contribution < 1.29 is 14.2 Å². The van der Waals surface area contributed by atoms with Crippen molar-refractivity contribution in [2.24, 2.45) is 7.05 Å². The first-order valence-corrected chi connectivity index (χ1v) is 7.45. The molecule has 1 N–H and O–H groups in total. The van der Waals surface area contributed by atoms with Crippen LogP contribution in [0.2, 0.25) is 0 Å². The number of halogens is 2. The van der Waals surface area contributed by atoms with Gasteiger partial charge < -0.3 is 9.84 Å². The average Bonchev–Trinajstić information content (AvgIpc) is 2.68. The van der Waals surface area contributed by atoms with Crippen molar-refractivity contribution in [2.75, 3.05) is 13.2 Å². The number of benzene rings is 1. The smallest absolute Gasteiger partial charge is 0.329 e. The fourth-order valence-electron chi connectivity index (χ4n) is 2.95. The zero-order valence-electron chi connectivity index (χ0n) is 11.5. The molecule has 1 aliphatic heterocycles. The van der Waals surface area contributed by atoms with E-state index in [-0.39, 0.29) is 23.4 Å². The van der Waals surface area contributed by atoms with Crippen LogP contribution in [0.15, 0.2) is 21.5 Å². The number of pyridine rings is 1. The summed E-state index contributed by atoms with van der Waals surface area (Å²) in [6.45, 7) is -0.182. The lowest BCUT2D eigenvalue weighted by Gasteiger charge is -2.14. The van der Waals surface area contributed by atoms with E-state index in [1.165, 1.54) is 21.4 Å². The van der Waals surface area contributed by atoms with E-state index in [1.54, 1.807) is 7.05 Å². The number of aryl methyl sites for hydroxylation is 1. The Kier molecular flexibility index (Phi) is 2.82. The molecule has 4 rings (SSSR count). The fraction of sp³-hybridized carbons (Fsp3) is 0.286. The number of hydrogen-bond donors (Lipinski definition) is 1. The first-order valence-electron chi connectivity index (χ1n) is 6.66. The molecular formula is C14H11BrFN3O3. The standard InChI is InChI=1S/C14H11BrFN3O3/c1-18-9-3-17-8-2-7(16)11(15)13-10(8)12(9)19(14(18)21)6(4-20)5-22-13/h2-3,6,20H,4-5H2,1H3. The van der Waals surface area contributed by atoms with E-state index in [4.69, 9.17) is 4.74 Å². The van der Waals surface area contributed by atoms with Crippen molar-refractivity contribution >= 4 is 37.9 Å². The van der Waals surface area contributed by atoms with Crippen molar-refractivity contribution in [1.82, 2.24) is 14.1 Å². The molecule has 1 aromatic carbocycles. The van der Waals surface area contributed by atoms with Crippen LogP contribution in [0, 0.1) is 5.82 Å². The Labute approximate surface area is 131 Å². The van der Waals surface area contributed by atoms with Crippen molar-refractivity contribution in [2.45, 2.75) is 6.04 Å². The van der Waals surface area contributed by atoms with E-state index in [0.29, 0.717) is 27.7 Å². The van der Waals surface area contributed by atoms with Crippen LogP contribution in [-0.2, 0) is 7.05 Å². The van der Waals surface area contributed by atoms with Crippen LogP contribution in [0.4, 0.5) is 4.39 Å². The molecule has 1 aliphatic rings. The Hall–Kier alpha value is -1.93. The minimum atomic E-state index is -0.538. The number of imidazole rings is 1. The van der Waals surface area contributed by atoms with E-state index in [0.717, 1.165) is 0 Å². The maximum Gasteiger partial charge on any atom is 0.329 e. The maximum absolute atomic E-state index is 14.0. The monoisotopic (exact) mass is 367 g/mol. The van der Waals surface area contributed by atoms with Gasteiger partial charge in [-0.3, -0.25) is 14.1 Å². The van der Waals surface area contributed by atoms with Gasteiger partial charge in [0.05, 0.1) is 45.3 Å². The maximum atomic E-state index is 14.0. The van der Waals surface area contributed by atoms with Gasteiger partial charge >= 0.3 is 5.69 Å². The molecule has 0 amide bonds. The number of hydrogen-bond acceptors (Lipinski definition) is 4. The fourth-order valence-corrected chi connectivity index (χ4v) is 3.38. The van der Waals surface area contributed by atoms with Crippen LogP contribution < -0.4 is 10.4 Å². The number of rotatable bonds is 1. The van der Waals surface area contributed by atoms with E-state index in [2.05, 4.69) is 20.9 Å². The van der Waals surface area contributed by atoms with Crippen LogP contribution in [-0.4, -0.2) is 32.4 Å². The summed E-state index contributed by atoms with van der Waals surface area (Å²) in [4.78, 5) is 16.7. The van der Waals surface area contributed by atoms with Crippen molar-refractivity contribution in [1.29, 1.82) is 0 Å². The molecule has 0 saturated carbocycles. The predicted molar refractivity (Wildman–Crippen MR) is 81.8 cm³/mol. The minimum absolute atomic E-state index is 0.0708. The highest BCUT2D eigenvalue weighted by Crippen LogP contribution is 2.41. The largest absolute Gasteiger partial charge is 0.489 e. The van der Waals surface area contributed by atoms with Crippen LogP contribution >= 0.6 is 15.9 Å². The number of aromatic nitrogens is 3. The molecule has 1 unspecified atom stereocenters. The average molecular weight is 368 g/mol. The third kappa shape index (κ3) is 1.56. The molecule has 114 valence electrons. The summed E-state index contributed by atoms with van der Waals surface area (Å²) in [5.74, 6) is -0.176. The molecule has 0 fully saturated rings. The molecule has 0 aliphatic carbocycles. The Balaban J connectivity index is 2.33. The van der Waals surface area contributed by atoms with Crippen LogP contribution in [0.3, 0.4) is 0 Å². The summed E-state index contributed by atoms with van der Waals surface area (Å²) < 4.78 is 22.9. The summed E-state index contributed by atoms with van der Waals surface area (Å²) >= 11 is 3.19. The van der Waals surface area contributed by atoms with Crippen LogP contribution in [0.1, 0.15) is 6.04 Å². The van der Waals surface area contributed by atoms with Gasteiger partial charge in [0.2, 0.25) is 0 Å². The number of ether oxygens (including phenoxy) is 1. The second-order valence-electron chi connectivity index (χ2n) is 5.25. The molecule has 8 heteroatoms. The zero-order chi connectivity index (χ0) is 15.6. The van der Waals surface area contributed by atoms with Gasteiger partial charge in [-0.05, 0) is 15.9 Å². The topological polar surface area (TPSA) is 69.3 Å². The Bertz CT molecular complexity index is 995. The molecule has 0 spiro atoms. The van der Waals surface area contributed by atoms with Crippen molar-refractivity contribution in [3.05, 3.63) is 33.0 Å². The van der Waals surface area contributed by atoms with Gasteiger partial charge in [0.1, 0.15) is 18.2 Å². The molecule has 6 nitrogen and oxygen atoms in total. The van der Waals surface area contributed by atoms with E-state index in [9.17, 15) is 14.3 Å². The van der Waals surface area contributed by atoms with Gasteiger partial charge in [-0.2, -0.15) is 0 Å². The third-order valence-electron chi connectivity index (χ3n) is 4.05. The van der Waals surface area contributed by atoms with Crippen LogP contribution in [0.25, 0.3) is 21.9 Å². The third-order valence-corrected chi connectivity index (χ3v) is 4.79. The highest BCUT2D eigenvalue weighted by atomic mass is 79.9.